The van der Waals surface area contributed by atoms with E-state index in [2.05, 4.69) is 0 Å². The molecule has 2 aromatic carbocycles. The van der Waals surface area contributed by atoms with Gasteiger partial charge in [-0.25, -0.2) is 4.39 Å². The van der Waals surface area contributed by atoms with Crippen LogP contribution in [0, 0.1) is 5.82 Å². The van der Waals surface area contributed by atoms with E-state index in [0.717, 1.165) is 12.1 Å². The van der Waals surface area contributed by atoms with Crippen molar-refractivity contribution < 1.29 is 17.6 Å². The minimum Gasteiger partial charge on any atom is -0.320 e. The number of hydrogen-bond donors (Lipinski definition) is 1. The molecule has 2 N–H and O–H groups in total. The Labute approximate surface area is 118 Å². The molecule has 0 aliphatic carbocycles. The average molecular weight is 304 g/mol. The number of benzene rings is 2. The molecule has 1 unspecified atom stereocenters. The zero-order chi connectivity index (χ0) is 14.9. The highest BCUT2D eigenvalue weighted by Gasteiger charge is 2.30. The molecule has 6 heteroatoms. The summed E-state index contributed by atoms with van der Waals surface area (Å²) >= 11 is 5.76. The second-order valence-corrected chi connectivity index (χ2v) is 4.70. The van der Waals surface area contributed by atoms with Crippen LogP contribution in [0.5, 0.6) is 0 Å². The van der Waals surface area contributed by atoms with Gasteiger partial charge in [-0.3, -0.25) is 0 Å². The summed E-state index contributed by atoms with van der Waals surface area (Å²) in [4.78, 5) is 0. The van der Waals surface area contributed by atoms with Crippen LogP contribution in [0.25, 0.3) is 0 Å². The second-order valence-electron chi connectivity index (χ2n) is 4.26. The largest absolute Gasteiger partial charge is 0.416 e. The molecule has 106 valence electrons. The van der Waals surface area contributed by atoms with Crippen molar-refractivity contribution in [2.45, 2.75) is 12.2 Å². The van der Waals surface area contributed by atoms with Gasteiger partial charge in [0.25, 0.3) is 0 Å². The predicted molar refractivity (Wildman–Crippen MR) is 68.9 cm³/mol. The van der Waals surface area contributed by atoms with Crippen molar-refractivity contribution in [3.05, 3.63) is 70.0 Å². The van der Waals surface area contributed by atoms with Crippen LogP contribution in [0.2, 0.25) is 5.02 Å². The molecule has 1 nitrogen and oxygen atoms in total. The van der Waals surface area contributed by atoms with Crippen LogP contribution in [-0.2, 0) is 6.18 Å². The van der Waals surface area contributed by atoms with Crippen LogP contribution in [0.4, 0.5) is 17.6 Å². The molecule has 2 aromatic rings. The van der Waals surface area contributed by atoms with Crippen molar-refractivity contribution in [1.82, 2.24) is 0 Å². The summed E-state index contributed by atoms with van der Waals surface area (Å²) in [5.74, 6) is -0.554. The maximum absolute atomic E-state index is 13.7. The molecular weight excluding hydrogens is 294 g/mol. The molecule has 0 fully saturated rings. The van der Waals surface area contributed by atoms with E-state index in [1.165, 1.54) is 30.3 Å². The standard InChI is InChI=1S/C14H10ClF4N/c15-10-5-6-12(16)11(7-10)13(20)8-1-3-9(4-2-8)14(17,18)19/h1-7,13H,20H2. The van der Waals surface area contributed by atoms with Gasteiger partial charge in [0.1, 0.15) is 5.82 Å². The maximum atomic E-state index is 13.7. The van der Waals surface area contributed by atoms with E-state index >= 15 is 0 Å². The first-order valence-electron chi connectivity index (χ1n) is 5.66. The third-order valence-corrected chi connectivity index (χ3v) is 3.13. The first-order valence-corrected chi connectivity index (χ1v) is 6.04. The second kappa shape index (κ2) is 5.42. The predicted octanol–water partition coefficient (Wildman–Crippen LogP) is 4.55. The molecule has 0 spiro atoms. The van der Waals surface area contributed by atoms with Gasteiger partial charge in [0.15, 0.2) is 0 Å². The summed E-state index contributed by atoms with van der Waals surface area (Å²) in [6, 6.07) is 7.31. The fourth-order valence-electron chi connectivity index (χ4n) is 1.81. The number of rotatable bonds is 2. The van der Waals surface area contributed by atoms with Gasteiger partial charge in [0.2, 0.25) is 0 Å². The summed E-state index contributed by atoms with van der Waals surface area (Å²) in [5.41, 5.74) is 5.60. The van der Waals surface area contributed by atoms with Gasteiger partial charge in [0, 0.05) is 10.6 Å². The van der Waals surface area contributed by atoms with E-state index in [1.807, 2.05) is 0 Å². The highest BCUT2D eigenvalue weighted by molar-refractivity contribution is 6.30. The van der Waals surface area contributed by atoms with Gasteiger partial charge in [-0.2, -0.15) is 13.2 Å². The molecule has 0 heterocycles. The zero-order valence-corrected chi connectivity index (χ0v) is 10.8. The van der Waals surface area contributed by atoms with Crippen LogP contribution in [0.1, 0.15) is 22.7 Å². The molecule has 0 aliphatic rings. The van der Waals surface area contributed by atoms with Crippen molar-refractivity contribution >= 4 is 11.6 Å². The van der Waals surface area contributed by atoms with Gasteiger partial charge in [-0.05, 0) is 35.9 Å². The van der Waals surface area contributed by atoms with E-state index in [1.54, 1.807) is 0 Å². The van der Waals surface area contributed by atoms with E-state index < -0.39 is 23.6 Å². The molecule has 2 rings (SSSR count). The average Bonchev–Trinajstić information content (AvgIpc) is 2.40. The first kappa shape index (κ1) is 14.8. The topological polar surface area (TPSA) is 26.0 Å². The Morgan fingerprint density at radius 3 is 2.15 bits per heavy atom. The smallest absolute Gasteiger partial charge is 0.320 e. The number of alkyl halides is 3. The summed E-state index contributed by atoms with van der Waals surface area (Å²) in [6.45, 7) is 0. The zero-order valence-electron chi connectivity index (χ0n) is 10.1. The van der Waals surface area contributed by atoms with E-state index in [9.17, 15) is 17.6 Å². The Morgan fingerprint density at radius 1 is 1.00 bits per heavy atom. The lowest BCUT2D eigenvalue weighted by atomic mass is 9.98. The fraction of sp³-hybridized carbons (Fsp3) is 0.143. The molecule has 0 bridgehead atoms. The van der Waals surface area contributed by atoms with Crippen LogP contribution in [-0.4, -0.2) is 0 Å². The van der Waals surface area contributed by atoms with Gasteiger partial charge in [0.05, 0.1) is 11.6 Å². The normalized spacial score (nSPS) is 13.3. The van der Waals surface area contributed by atoms with E-state index in [-0.39, 0.29) is 5.56 Å². The summed E-state index contributed by atoms with van der Waals surface area (Å²) < 4.78 is 51.0. The molecule has 20 heavy (non-hydrogen) atoms. The lowest BCUT2D eigenvalue weighted by molar-refractivity contribution is -0.137. The van der Waals surface area contributed by atoms with E-state index in [4.69, 9.17) is 17.3 Å². The molecule has 0 saturated heterocycles. The van der Waals surface area contributed by atoms with Crippen molar-refractivity contribution in [2.75, 3.05) is 0 Å². The maximum Gasteiger partial charge on any atom is 0.416 e. The van der Waals surface area contributed by atoms with Gasteiger partial charge >= 0.3 is 6.18 Å². The minimum absolute atomic E-state index is 0.136. The van der Waals surface area contributed by atoms with Crippen molar-refractivity contribution in [1.29, 1.82) is 0 Å². The van der Waals surface area contributed by atoms with E-state index in [0.29, 0.717) is 10.6 Å². The van der Waals surface area contributed by atoms with Gasteiger partial charge < -0.3 is 5.73 Å². The Bertz CT molecular complexity index is 608. The molecular formula is C14H10ClF4N. The Kier molecular flexibility index (Phi) is 4.01. The summed E-state index contributed by atoms with van der Waals surface area (Å²) in [5, 5.41) is 0.309. The quantitative estimate of drug-likeness (QED) is 0.810. The van der Waals surface area contributed by atoms with Crippen molar-refractivity contribution in [3.8, 4) is 0 Å². The van der Waals surface area contributed by atoms with Crippen molar-refractivity contribution in [2.24, 2.45) is 5.73 Å². The van der Waals surface area contributed by atoms with Crippen LogP contribution >= 0.6 is 11.6 Å². The highest BCUT2D eigenvalue weighted by Crippen LogP contribution is 2.31. The first-order chi connectivity index (χ1) is 9.29. The summed E-state index contributed by atoms with van der Waals surface area (Å²) in [6.07, 6.45) is -4.41. The number of nitrogens with two attached hydrogens (primary N) is 1. The Morgan fingerprint density at radius 2 is 1.60 bits per heavy atom. The molecule has 0 radical (unpaired) electrons. The van der Waals surface area contributed by atoms with Gasteiger partial charge in [-0.15, -0.1) is 0 Å². The monoisotopic (exact) mass is 303 g/mol. The lowest BCUT2D eigenvalue weighted by Crippen LogP contribution is -2.14. The SMILES string of the molecule is NC(c1ccc(C(F)(F)F)cc1)c1cc(Cl)ccc1F. The molecule has 0 saturated carbocycles. The molecule has 1 atom stereocenters. The summed E-state index contributed by atoms with van der Waals surface area (Å²) in [7, 11) is 0. The third kappa shape index (κ3) is 3.11. The lowest BCUT2D eigenvalue weighted by Gasteiger charge is -2.15. The number of halogens is 5. The molecule has 0 aromatic heterocycles. The van der Waals surface area contributed by atoms with Crippen LogP contribution in [0.15, 0.2) is 42.5 Å². The fourth-order valence-corrected chi connectivity index (χ4v) is 1.99. The Hall–Kier alpha value is -1.59. The highest BCUT2D eigenvalue weighted by atomic mass is 35.5. The van der Waals surface area contributed by atoms with Gasteiger partial charge in [-0.1, -0.05) is 23.7 Å². The molecule has 0 amide bonds. The van der Waals surface area contributed by atoms with Crippen LogP contribution < -0.4 is 5.73 Å². The van der Waals surface area contributed by atoms with Crippen molar-refractivity contribution in [3.63, 3.8) is 0 Å². The van der Waals surface area contributed by atoms with Crippen LogP contribution in [0.3, 0.4) is 0 Å². The minimum atomic E-state index is -4.41. The Balaban J connectivity index is 2.34. The third-order valence-electron chi connectivity index (χ3n) is 2.89. The molecule has 0 aliphatic heterocycles. The number of hydrogen-bond acceptors (Lipinski definition) is 1.